The summed E-state index contributed by atoms with van der Waals surface area (Å²) in [5.41, 5.74) is 0.511. The average Bonchev–Trinajstić information content (AvgIpc) is 2.68. The summed E-state index contributed by atoms with van der Waals surface area (Å²) in [7, 11) is 0. The number of ketones is 1. The molecule has 1 rings (SSSR count). The van der Waals surface area contributed by atoms with E-state index >= 15 is 0 Å². The molecule has 1 atom stereocenters. The Morgan fingerprint density at radius 1 is 1.00 bits per heavy atom. The molecular formula is C23H38BrClO2Sn. The van der Waals surface area contributed by atoms with E-state index in [1.54, 1.807) is 6.92 Å². The fourth-order valence-corrected chi connectivity index (χ4v) is 20.0. The number of halogens is 2. The average molecular weight is 581 g/mol. The number of alkyl halides is 1. The third-order valence-corrected chi connectivity index (χ3v) is 19.8. The summed E-state index contributed by atoms with van der Waals surface area (Å²) in [6.45, 7) is 8.48. The zero-order valence-corrected chi connectivity index (χ0v) is 23.4. The Hall–Kier alpha value is 0.419. The zero-order chi connectivity index (χ0) is 21.0. The summed E-state index contributed by atoms with van der Waals surface area (Å²) in [6.07, 6.45) is 7.75. The molecule has 0 bridgehead atoms. The Morgan fingerprint density at radius 3 is 1.82 bits per heavy atom. The molecule has 0 N–H and O–H groups in total. The van der Waals surface area contributed by atoms with E-state index in [-0.39, 0.29) is 5.78 Å². The Labute approximate surface area is 190 Å². The van der Waals surface area contributed by atoms with Gasteiger partial charge in [-0.3, -0.25) is 0 Å². The number of carbonyl (C=O) groups is 1. The van der Waals surface area contributed by atoms with Gasteiger partial charge in [0, 0.05) is 0 Å². The van der Waals surface area contributed by atoms with E-state index in [9.17, 15) is 4.79 Å². The third-order valence-electron chi connectivity index (χ3n) is 5.49. The van der Waals surface area contributed by atoms with Crippen molar-refractivity contribution in [1.82, 2.24) is 0 Å². The summed E-state index contributed by atoms with van der Waals surface area (Å²) in [4.78, 5) is 12.3. The minimum absolute atomic E-state index is 0.177. The van der Waals surface area contributed by atoms with Crippen molar-refractivity contribution in [3.05, 3.63) is 34.9 Å². The van der Waals surface area contributed by atoms with Crippen molar-refractivity contribution in [3.8, 4) is 0 Å². The van der Waals surface area contributed by atoms with Crippen LogP contribution in [0.2, 0.25) is 18.3 Å². The summed E-state index contributed by atoms with van der Waals surface area (Å²) >= 11 is 6.96. The number of unbranched alkanes of at least 4 members (excludes halogenated alkanes) is 3. The van der Waals surface area contributed by atoms with E-state index in [0.717, 1.165) is 5.56 Å². The van der Waals surface area contributed by atoms with E-state index in [0.29, 0.717) is 16.8 Å². The molecule has 0 aliphatic heterocycles. The van der Waals surface area contributed by atoms with Gasteiger partial charge < -0.3 is 0 Å². The van der Waals surface area contributed by atoms with Crippen molar-refractivity contribution >= 4 is 52.1 Å². The van der Waals surface area contributed by atoms with Crippen LogP contribution in [0.25, 0.3) is 0 Å². The third kappa shape index (κ3) is 8.27. The number of Topliss-reactive ketones (excluding diaryl/α,β-unsaturated/α-hetero) is 1. The molecule has 1 aromatic rings. The van der Waals surface area contributed by atoms with Crippen LogP contribution in [-0.4, -0.2) is 29.9 Å². The molecule has 160 valence electrons. The maximum atomic E-state index is 12.3. The van der Waals surface area contributed by atoms with Crippen LogP contribution in [-0.2, 0) is 13.5 Å². The van der Waals surface area contributed by atoms with Gasteiger partial charge in [0.1, 0.15) is 0 Å². The van der Waals surface area contributed by atoms with Crippen molar-refractivity contribution in [1.29, 1.82) is 0 Å². The van der Waals surface area contributed by atoms with Crippen molar-refractivity contribution in [3.63, 3.8) is 0 Å². The second kappa shape index (κ2) is 13.7. The number of hydrogen-bond acceptors (Lipinski definition) is 2. The second-order valence-electron chi connectivity index (χ2n) is 8.11. The van der Waals surface area contributed by atoms with Crippen LogP contribution in [0.4, 0.5) is 0 Å². The van der Waals surface area contributed by atoms with Crippen LogP contribution < -0.4 is 0 Å². The van der Waals surface area contributed by atoms with Crippen LogP contribution in [0.1, 0.15) is 78.2 Å². The van der Waals surface area contributed by atoms with Gasteiger partial charge in [-0.05, 0) is 0 Å². The molecular weight excluding hydrogens is 542 g/mol. The molecule has 0 spiro atoms. The molecule has 0 saturated carbocycles. The summed E-state index contributed by atoms with van der Waals surface area (Å²) in [5, 5.41) is 1.36. The molecule has 0 aromatic heterocycles. The maximum absolute atomic E-state index is 12.3. The molecule has 0 amide bonds. The SMILES string of the molecule is CCC[CH2][Sn]([CH2]CCC)([CH2]CCC)[O]C(CBr)(CC(C)=O)c1ccc(Cl)cc1. The van der Waals surface area contributed by atoms with Gasteiger partial charge in [-0.2, -0.15) is 0 Å². The topological polar surface area (TPSA) is 26.3 Å². The van der Waals surface area contributed by atoms with Gasteiger partial charge >= 0.3 is 192 Å². The van der Waals surface area contributed by atoms with Crippen molar-refractivity contribution in [2.45, 2.75) is 91.6 Å². The van der Waals surface area contributed by atoms with Crippen molar-refractivity contribution in [2.24, 2.45) is 0 Å². The minimum atomic E-state index is -2.92. The van der Waals surface area contributed by atoms with Gasteiger partial charge in [-0.1, -0.05) is 0 Å². The molecule has 0 heterocycles. The van der Waals surface area contributed by atoms with E-state index in [2.05, 4.69) is 36.7 Å². The van der Waals surface area contributed by atoms with Gasteiger partial charge in [0.2, 0.25) is 0 Å². The van der Waals surface area contributed by atoms with Gasteiger partial charge in [0.05, 0.1) is 0 Å². The zero-order valence-electron chi connectivity index (χ0n) is 18.2. The van der Waals surface area contributed by atoms with Gasteiger partial charge in [0.25, 0.3) is 0 Å². The predicted molar refractivity (Wildman–Crippen MR) is 128 cm³/mol. The van der Waals surface area contributed by atoms with Crippen molar-refractivity contribution in [2.75, 3.05) is 5.33 Å². The molecule has 28 heavy (non-hydrogen) atoms. The summed E-state index contributed by atoms with van der Waals surface area (Å²) in [6, 6.07) is 7.92. The Morgan fingerprint density at radius 2 is 1.46 bits per heavy atom. The first-order valence-electron chi connectivity index (χ1n) is 10.9. The Kier molecular flexibility index (Phi) is 12.9. The van der Waals surface area contributed by atoms with E-state index in [4.69, 9.17) is 14.7 Å². The van der Waals surface area contributed by atoms with Gasteiger partial charge in [-0.15, -0.1) is 0 Å². The molecule has 0 fully saturated rings. The Bertz CT molecular complexity index is 557. The van der Waals surface area contributed by atoms with Gasteiger partial charge in [0.15, 0.2) is 0 Å². The summed E-state index contributed by atoms with van der Waals surface area (Å²) < 4.78 is 11.1. The van der Waals surface area contributed by atoms with Crippen LogP contribution in [0, 0.1) is 0 Å². The first-order chi connectivity index (χ1) is 13.4. The molecule has 0 radical (unpaired) electrons. The number of benzene rings is 1. The number of carbonyl (C=O) groups excluding carboxylic acids is 1. The van der Waals surface area contributed by atoms with E-state index in [1.165, 1.54) is 51.8 Å². The van der Waals surface area contributed by atoms with E-state index < -0.39 is 24.4 Å². The Balaban J connectivity index is 3.38. The quantitative estimate of drug-likeness (QED) is 0.154. The van der Waals surface area contributed by atoms with Crippen molar-refractivity contribution < 1.29 is 7.87 Å². The first-order valence-corrected chi connectivity index (χ1v) is 19.6. The van der Waals surface area contributed by atoms with Crippen LogP contribution in [0.3, 0.4) is 0 Å². The molecule has 5 heteroatoms. The monoisotopic (exact) mass is 580 g/mol. The fourth-order valence-electron chi connectivity index (χ4n) is 3.94. The molecule has 2 nitrogen and oxygen atoms in total. The molecule has 0 saturated heterocycles. The van der Waals surface area contributed by atoms with Crippen LogP contribution >= 0.6 is 27.5 Å². The van der Waals surface area contributed by atoms with E-state index in [1.807, 2.05) is 24.3 Å². The predicted octanol–water partition coefficient (Wildman–Crippen LogP) is 8.27. The van der Waals surface area contributed by atoms with Crippen LogP contribution in [0.15, 0.2) is 24.3 Å². The molecule has 0 aliphatic rings. The fraction of sp³-hybridized carbons (Fsp3) is 0.696. The molecule has 0 aliphatic carbocycles. The number of hydrogen-bond donors (Lipinski definition) is 0. The molecule has 1 aromatic carbocycles. The normalized spacial score (nSPS) is 14.1. The summed E-state index contributed by atoms with van der Waals surface area (Å²) in [5.74, 6) is 0.177. The van der Waals surface area contributed by atoms with Gasteiger partial charge in [-0.25, -0.2) is 0 Å². The van der Waals surface area contributed by atoms with Crippen LogP contribution in [0.5, 0.6) is 0 Å². The first kappa shape index (κ1) is 26.5. The second-order valence-corrected chi connectivity index (χ2v) is 20.7. The molecule has 1 unspecified atom stereocenters. The number of rotatable bonds is 15. The standard InChI is InChI=1S/C11H11BrClO2.3C4H9.Sn/c1-8(14)6-11(15,7-12)9-2-4-10(13)5-3-9;3*1-3-4-2;/h2-5H,6-7H2,1H3;3*1,3-4H2,2H3;/q-1;;;;+1.